The number of carbonyl (C=O) groups is 1. The smallest absolute Gasteiger partial charge is 0.257 e. The first kappa shape index (κ1) is 20.9. The second-order valence-electron chi connectivity index (χ2n) is 7.39. The van der Waals surface area contributed by atoms with Crippen LogP contribution in [0, 0.1) is 0 Å². The summed E-state index contributed by atoms with van der Waals surface area (Å²) < 4.78 is 27.2. The molecule has 9 heteroatoms. The summed E-state index contributed by atoms with van der Waals surface area (Å²) in [5.41, 5.74) is 0.376. The average Bonchev–Trinajstić information content (AvgIpc) is 3.17. The lowest BCUT2D eigenvalue weighted by Gasteiger charge is -2.30. The van der Waals surface area contributed by atoms with Crippen molar-refractivity contribution in [3.05, 3.63) is 34.8 Å². The van der Waals surface area contributed by atoms with Gasteiger partial charge in [-0.3, -0.25) is 10.1 Å². The fourth-order valence-electron chi connectivity index (χ4n) is 3.27. The first-order chi connectivity index (χ1) is 13.3. The van der Waals surface area contributed by atoms with Crippen molar-refractivity contribution in [2.75, 3.05) is 12.4 Å². The average molecular weight is 423 g/mol. The molecule has 28 heavy (non-hydrogen) atoms. The van der Waals surface area contributed by atoms with Gasteiger partial charge in [-0.1, -0.05) is 44.4 Å². The molecule has 1 aromatic heterocycles. The standard InChI is InChI=1S/C19H26N4O3S2/c1-13(2)18-21-22-19(27-18)20-17(24)14-9-11-16(12-10-14)28(25,26)23(3)15-7-5-4-6-8-15/h9-13,15H,4-8H2,1-3H3,(H,20,22,24). The molecule has 0 spiro atoms. The molecule has 1 fully saturated rings. The molecule has 1 aromatic carbocycles. The highest BCUT2D eigenvalue weighted by atomic mass is 32.2. The highest BCUT2D eigenvalue weighted by molar-refractivity contribution is 7.89. The minimum Gasteiger partial charge on any atom is -0.296 e. The van der Waals surface area contributed by atoms with Gasteiger partial charge in [0.15, 0.2) is 0 Å². The Morgan fingerprint density at radius 3 is 2.36 bits per heavy atom. The topological polar surface area (TPSA) is 92.3 Å². The van der Waals surface area contributed by atoms with Gasteiger partial charge in [-0.05, 0) is 37.1 Å². The quantitative estimate of drug-likeness (QED) is 0.763. The monoisotopic (exact) mass is 422 g/mol. The third-order valence-corrected chi connectivity index (χ3v) is 8.10. The van der Waals surface area contributed by atoms with Gasteiger partial charge >= 0.3 is 0 Å². The summed E-state index contributed by atoms with van der Waals surface area (Å²) >= 11 is 1.33. The van der Waals surface area contributed by atoms with Crippen LogP contribution in [0.4, 0.5) is 5.13 Å². The van der Waals surface area contributed by atoms with Crippen LogP contribution in [-0.2, 0) is 10.0 Å². The molecular formula is C19H26N4O3S2. The fraction of sp³-hybridized carbons (Fsp3) is 0.526. The van der Waals surface area contributed by atoms with E-state index in [1.54, 1.807) is 7.05 Å². The van der Waals surface area contributed by atoms with E-state index in [4.69, 9.17) is 0 Å². The fourth-order valence-corrected chi connectivity index (χ4v) is 5.43. The number of nitrogens with one attached hydrogen (secondary N) is 1. The summed E-state index contributed by atoms with van der Waals surface area (Å²) in [6, 6.07) is 6.09. The van der Waals surface area contributed by atoms with Crippen LogP contribution in [0.25, 0.3) is 0 Å². The Bertz CT molecular complexity index is 917. The third kappa shape index (κ3) is 4.59. The van der Waals surface area contributed by atoms with Gasteiger partial charge in [0.25, 0.3) is 5.91 Å². The number of amides is 1. The SMILES string of the molecule is CC(C)c1nnc(NC(=O)c2ccc(S(=O)(=O)N(C)C3CCCCC3)cc2)s1. The van der Waals surface area contributed by atoms with Crippen LogP contribution in [-0.4, -0.2) is 41.9 Å². The number of rotatable bonds is 6. The molecule has 0 bridgehead atoms. The Kier molecular flexibility index (Phi) is 6.47. The summed E-state index contributed by atoms with van der Waals surface area (Å²) in [5.74, 6) is -0.0927. The van der Waals surface area contributed by atoms with Crippen LogP contribution < -0.4 is 5.32 Å². The summed E-state index contributed by atoms with van der Waals surface area (Å²) in [6.07, 6.45) is 5.09. The van der Waals surface area contributed by atoms with Crippen molar-refractivity contribution < 1.29 is 13.2 Å². The minimum atomic E-state index is -3.56. The molecule has 0 unspecified atom stereocenters. The van der Waals surface area contributed by atoms with Crippen LogP contribution in [0.2, 0.25) is 0 Å². The number of aromatic nitrogens is 2. The number of anilines is 1. The lowest BCUT2D eigenvalue weighted by molar-refractivity contribution is 0.102. The number of nitrogens with zero attached hydrogens (tertiary/aromatic N) is 3. The van der Waals surface area contributed by atoms with E-state index in [1.165, 1.54) is 46.3 Å². The van der Waals surface area contributed by atoms with E-state index in [0.29, 0.717) is 10.7 Å². The van der Waals surface area contributed by atoms with Gasteiger partial charge in [-0.15, -0.1) is 10.2 Å². The lowest BCUT2D eigenvalue weighted by atomic mass is 9.96. The second kappa shape index (κ2) is 8.67. The molecular weight excluding hydrogens is 396 g/mol. The van der Waals surface area contributed by atoms with Crippen molar-refractivity contribution in [3.63, 3.8) is 0 Å². The molecule has 0 radical (unpaired) electrons. The maximum absolute atomic E-state index is 12.9. The van der Waals surface area contributed by atoms with Crippen molar-refractivity contribution in [2.24, 2.45) is 0 Å². The molecule has 1 N–H and O–H groups in total. The van der Waals surface area contributed by atoms with Crippen molar-refractivity contribution >= 4 is 32.4 Å². The summed E-state index contributed by atoms with van der Waals surface area (Å²) in [4.78, 5) is 12.6. The van der Waals surface area contributed by atoms with Crippen LogP contribution in [0.15, 0.2) is 29.2 Å². The number of carbonyl (C=O) groups excluding carboxylic acids is 1. The Morgan fingerprint density at radius 2 is 1.79 bits per heavy atom. The van der Waals surface area contributed by atoms with Gasteiger partial charge in [-0.2, -0.15) is 4.31 Å². The van der Waals surface area contributed by atoms with Gasteiger partial charge < -0.3 is 0 Å². The molecule has 7 nitrogen and oxygen atoms in total. The van der Waals surface area contributed by atoms with Crippen LogP contribution in [0.5, 0.6) is 0 Å². The van der Waals surface area contributed by atoms with Crippen molar-refractivity contribution in [1.29, 1.82) is 0 Å². The van der Waals surface area contributed by atoms with E-state index < -0.39 is 10.0 Å². The summed E-state index contributed by atoms with van der Waals surface area (Å²) in [6.45, 7) is 4.02. The molecule has 152 valence electrons. The minimum absolute atomic E-state index is 0.0503. The highest BCUT2D eigenvalue weighted by Gasteiger charge is 2.29. The van der Waals surface area contributed by atoms with Crippen molar-refractivity contribution in [3.8, 4) is 0 Å². The number of sulfonamides is 1. The van der Waals surface area contributed by atoms with Gasteiger partial charge in [0.1, 0.15) is 5.01 Å². The molecule has 0 saturated heterocycles. The third-order valence-electron chi connectivity index (χ3n) is 5.04. The molecule has 0 atom stereocenters. The van der Waals surface area contributed by atoms with Crippen LogP contribution in [0.1, 0.15) is 67.2 Å². The maximum atomic E-state index is 12.9. The Hall–Kier alpha value is -1.84. The number of hydrogen-bond donors (Lipinski definition) is 1. The Labute approximate surface area is 170 Å². The highest BCUT2D eigenvalue weighted by Crippen LogP contribution is 2.27. The Morgan fingerprint density at radius 1 is 1.14 bits per heavy atom. The van der Waals surface area contributed by atoms with Crippen molar-refractivity contribution in [1.82, 2.24) is 14.5 Å². The predicted molar refractivity (Wildman–Crippen MR) is 110 cm³/mol. The zero-order valence-corrected chi connectivity index (χ0v) is 18.0. The predicted octanol–water partition coefficient (Wildman–Crippen LogP) is 3.87. The molecule has 1 saturated carbocycles. The molecule has 0 aliphatic heterocycles. The van der Waals surface area contributed by atoms with E-state index in [0.717, 1.165) is 30.7 Å². The first-order valence-electron chi connectivity index (χ1n) is 9.52. The van der Waals surface area contributed by atoms with E-state index in [2.05, 4.69) is 15.5 Å². The summed E-state index contributed by atoms with van der Waals surface area (Å²) in [5, 5.41) is 12.0. The van der Waals surface area contributed by atoms with E-state index in [1.807, 2.05) is 13.8 Å². The lowest BCUT2D eigenvalue weighted by Crippen LogP contribution is -2.38. The first-order valence-corrected chi connectivity index (χ1v) is 11.8. The van der Waals surface area contributed by atoms with Gasteiger partial charge in [0.2, 0.25) is 15.2 Å². The van der Waals surface area contributed by atoms with E-state index >= 15 is 0 Å². The number of benzene rings is 1. The molecule has 1 aliphatic carbocycles. The molecule has 1 aliphatic rings. The summed E-state index contributed by atoms with van der Waals surface area (Å²) in [7, 11) is -1.92. The zero-order valence-electron chi connectivity index (χ0n) is 16.4. The normalized spacial score (nSPS) is 15.9. The van der Waals surface area contributed by atoms with Gasteiger partial charge in [0.05, 0.1) is 4.90 Å². The molecule has 2 aromatic rings. The largest absolute Gasteiger partial charge is 0.296 e. The zero-order chi connectivity index (χ0) is 20.3. The van der Waals surface area contributed by atoms with Gasteiger partial charge in [0, 0.05) is 24.6 Å². The van der Waals surface area contributed by atoms with Crippen LogP contribution in [0.3, 0.4) is 0 Å². The maximum Gasteiger partial charge on any atom is 0.257 e. The molecule has 3 rings (SSSR count). The van der Waals surface area contributed by atoms with Crippen molar-refractivity contribution in [2.45, 2.75) is 62.8 Å². The van der Waals surface area contributed by atoms with Gasteiger partial charge in [-0.25, -0.2) is 8.42 Å². The van der Waals surface area contributed by atoms with E-state index in [-0.39, 0.29) is 22.8 Å². The number of hydrogen-bond acceptors (Lipinski definition) is 6. The molecule has 1 heterocycles. The Balaban J connectivity index is 1.70. The molecule has 1 amide bonds. The second-order valence-corrected chi connectivity index (χ2v) is 10.4. The van der Waals surface area contributed by atoms with E-state index in [9.17, 15) is 13.2 Å². The van der Waals surface area contributed by atoms with Crippen LogP contribution >= 0.6 is 11.3 Å².